The number of aromatic nitrogens is 2. The fourth-order valence-corrected chi connectivity index (χ4v) is 4.18. The van der Waals surface area contributed by atoms with E-state index in [4.69, 9.17) is 4.74 Å². The van der Waals surface area contributed by atoms with E-state index in [9.17, 15) is 4.39 Å². The van der Waals surface area contributed by atoms with Crippen LogP contribution in [0.3, 0.4) is 0 Å². The molecule has 3 aromatic rings. The quantitative estimate of drug-likeness (QED) is 0.416. The van der Waals surface area contributed by atoms with Crippen LogP contribution < -0.4 is 10.2 Å². The lowest BCUT2D eigenvalue weighted by Crippen LogP contribution is -2.40. The van der Waals surface area contributed by atoms with Crippen molar-refractivity contribution in [2.75, 3.05) is 7.11 Å². The number of thiophene rings is 1. The molecule has 7 heteroatoms. The highest BCUT2D eigenvalue weighted by molar-refractivity contribution is 9.11. The van der Waals surface area contributed by atoms with Gasteiger partial charge in [0, 0.05) is 19.5 Å². The van der Waals surface area contributed by atoms with E-state index in [0.29, 0.717) is 13.4 Å². The van der Waals surface area contributed by atoms with E-state index in [1.54, 1.807) is 31.8 Å². The van der Waals surface area contributed by atoms with Crippen LogP contribution in [0.4, 0.5) is 4.39 Å². The fraction of sp³-hybridized carbons (Fsp3) is 0.318. The Balaban J connectivity index is 0.000000313. The van der Waals surface area contributed by atoms with Crippen LogP contribution in [0.2, 0.25) is 6.32 Å². The van der Waals surface area contributed by atoms with Crippen LogP contribution in [-0.2, 0) is 17.9 Å². The Kier molecular flexibility index (Phi) is 10.4. The zero-order chi connectivity index (χ0) is 21.1. The number of aryl methyl sites for hydroxylation is 1. The molecule has 0 radical (unpaired) electrons. The number of ether oxygens (including phenoxy) is 1. The summed E-state index contributed by atoms with van der Waals surface area (Å²) in [6.45, 7) is 5.12. The summed E-state index contributed by atoms with van der Waals surface area (Å²) in [7, 11) is 1.65. The summed E-state index contributed by atoms with van der Waals surface area (Å²) in [5.41, 5.74) is 2.58. The van der Waals surface area contributed by atoms with Crippen LogP contribution in [0, 0.1) is 5.82 Å². The minimum atomic E-state index is -0.178. The van der Waals surface area contributed by atoms with Crippen LogP contribution >= 0.6 is 27.3 Å². The molecule has 2 heterocycles. The molecule has 0 N–H and O–H groups in total. The van der Waals surface area contributed by atoms with E-state index >= 15 is 0 Å². The van der Waals surface area contributed by atoms with E-state index < -0.39 is 0 Å². The largest absolute Gasteiger partial charge is 0.364 e. The molecule has 0 saturated heterocycles. The molecule has 2 aromatic heterocycles. The highest BCUT2D eigenvalue weighted by Gasteiger charge is 2.20. The van der Waals surface area contributed by atoms with E-state index in [-0.39, 0.29) is 5.82 Å². The number of methoxy groups -OCH3 is 1. The predicted molar refractivity (Wildman–Crippen MR) is 126 cm³/mol. The Morgan fingerprint density at radius 2 is 2.10 bits per heavy atom. The summed E-state index contributed by atoms with van der Waals surface area (Å²) >= 11 is 5.30. The van der Waals surface area contributed by atoms with Gasteiger partial charge in [-0.25, -0.2) is 9.37 Å². The normalized spacial score (nSPS) is 11.1. The number of benzene rings is 1. The van der Waals surface area contributed by atoms with Crippen molar-refractivity contribution in [3.63, 3.8) is 0 Å². The molecule has 0 amide bonds. The number of allylic oxidation sites excluding steroid dienone is 2. The molecule has 0 aliphatic rings. The first-order chi connectivity index (χ1) is 14.0. The van der Waals surface area contributed by atoms with E-state index in [2.05, 4.69) is 45.4 Å². The standard InChI is InChI=1S/C17H19BBrFS.C5H8N2O/c1-3-4-14-11-17(21-12-14)18(10-9-13(2)19)15-5-7-16(20)8-6-15;1-8-5-7-3-2-6-4-7/h5-9,11-12H,3-4,10H2,1-2H3;2-4H,5H2,1H3. The van der Waals surface area contributed by atoms with Crippen LogP contribution in [-0.4, -0.2) is 23.4 Å². The minimum Gasteiger partial charge on any atom is -0.364 e. The summed E-state index contributed by atoms with van der Waals surface area (Å²) < 4.78 is 22.3. The van der Waals surface area contributed by atoms with Gasteiger partial charge in [-0.3, -0.25) is 0 Å². The van der Waals surface area contributed by atoms with Gasteiger partial charge in [0.1, 0.15) is 12.5 Å². The zero-order valence-corrected chi connectivity index (χ0v) is 19.5. The average molecular weight is 477 g/mol. The number of imidazole rings is 1. The third-order valence-electron chi connectivity index (χ3n) is 4.30. The van der Waals surface area contributed by atoms with Crippen LogP contribution in [0.15, 0.2) is 65.0 Å². The van der Waals surface area contributed by atoms with Gasteiger partial charge >= 0.3 is 0 Å². The molecular weight excluding hydrogens is 450 g/mol. The molecule has 3 rings (SSSR count). The second kappa shape index (κ2) is 12.8. The van der Waals surface area contributed by atoms with Gasteiger partial charge in [-0.1, -0.05) is 59.0 Å². The van der Waals surface area contributed by atoms with E-state index in [1.807, 2.05) is 41.2 Å². The number of halogens is 2. The third-order valence-corrected chi connectivity index (χ3v) is 5.72. The highest BCUT2D eigenvalue weighted by Crippen LogP contribution is 2.13. The van der Waals surface area contributed by atoms with Crippen molar-refractivity contribution in [1.82, 2.24) is 9.55 Å². The average Bonchev–Trinajstić information content (AvgIpc) is 3.37. The Bertz CT molecular complexity index is 861. The molecule has 1 aromatic carbocycles. The van der Waals surface area contributed by atoms with Gasteiger partial charge in [-0.15, -0.1) is 0 Å². The Morgan fingerprint density at radius 1 is 1.34 bits per heavy atom. The molecule has 0 unspecified atom stereocenters. The monoisotopic (exact) mass is 476 g/mol. The summed E-state index contributed by atoms with van der Waals surface area (Å²) in [5, 5.41) is 2.25. The van der Waals surface area contributed by atoms with E-state index in [0.717, 1.165) is 23.6 Å². The number of hydrogen-bond donors (Lipinski definition) is 0. The Labute approximate surface area is 185 Å². The molecular formula is C22H27BBrFN2OS. The molecule has 0 spiro atoms. The predicted octanol–water partition coefficient (Wildman–Crippen LogP) is 5.23. The molecule has 3 nitrogen and oxygen atoms in total. The molecule has 0 saturated carbocycles. The lowest BCUT2D eigenvalue weighted by atomic mass is 9.42. The summed E-state index contributed by atoms with van der Waals surface area (Å²) in [6.07, 6.45) is 10.7. The first-order valence-electron chi connectivity index (χ1n) is 9.63. The third kappa shape index (κ3) is 8.29. The molecule has 154 valence electrons. The maximum atomic E-state index is 13.2. The SMILES string of the molecule is CCCc1csc(B(CC=C(C)Br)c2ccc(F)cc2)c1.COCn1ccnc1. The van der Waals surface area contributed by atoms with Gasteiger partial charge in [0.05, 0.1) is 6.33 Å². The lowest BCUT2D eigenvalue weighted by molar-refractivity contribution is 0.131. The van der Waals surface area contributed by atoms with Crippen LogP contribution in [0.25, 0.3) is 0 Å². The summed E-state index contributed by atoms with van der Waals surface area (Å²) in [6, 6.07) is 9.20. The Morgan fingerprint density at radius 3 is 2.69 bits per heavy atom. The van der Waals surface area contributed by atoms with Crippen molar-refractivity contribution in [2.45, 2.75) is 39.7 Å². The topological polar surface area (TPSA) is 27.1 Å². The Hall–Kier alpha value is -1.70. The van der Waals surface area contributed by atoms with Crippen molar-refractivity contribution < 1.29 is 9.13 Å². The number of rotatable bonds is 8. The van der Waals surface area contributed by atoms with Gasteiger partial charge in [-0.2, -0.15) is 11.3 Å². The van der Waals surface area contributed by atoms with Crippen LogP contribution in [0.1, 0.15) is 25.8 Å². The number of nitrogens with zero attached hydrogens (tertiary/aromatic N) is 2. The lowest BCUT2D eigenvalue weighted by Gasteiger charge is -2.10. The zero-order valence-electron chi connectivity index (χ0n) is 17.1. The molecule has 0 aliphatic carbocycles. The molecule has 0 bridgehead atoms. The highest BCUT2D eigenvalue weighted by atomic mass is 79.9. The molecule has 29 heavy (non-hydrogen) atoms. The second-order valence-electron chi connectivity index (χ2n) is 6.73. The number of hydrogen-bond acceptors (Lipinski definition) is 3. The molecule has 0 aliphatic heterocycles. The maximum absolute atomic E-state index is 13.2. The van der Waals surface area contributed by atoms with Crippen molar-refractivity contribution in [3.8, 4) is 0 Å². The minimum absolute atomic E-state index is 0.178. The van der Waals surface area contributed by atoms with E-state index in [1.165, 1.54) is 15.8 Å². The first-order valence-corrected chi connectivity index (χ1v) is 11.3. The van der Waals surface area contributed by atoms with Gasteiger partial charge in [-0.05, 0) is 52.0 Å². The van der Waals surface area contributed by atoms with Crippen molar-refractivity contribution in [3.05, 3.63) is 76.4 Å². The second-order valence-corrected chi connectivity index (χ2v) is 8.93. The van der Waals surface area contributed by atoms with Crippen molar-refractivity contribution >= 4 is 44.2 Å². The molecule has 0 fully saturated rings. The van der Waals surface area contributed by atoms with Crippen molar-refractivity contribution in [2.24, 2.45) is 0 Å². The summed E-state index contributed by atoms with van der Waals surface area (Å²) in [5.74, 6) is -0.178. The van der Waals surface area contributed by atoms with Gasteiger partial charge in [0.25, 0.3) is 0 Å². The molecule has 0 atom stereocenters. The van der Waals surface area contributed by atoms with Crippen molar-refractivity contribution in [1.29, 1.82) is 0 Å². The smallest absolute Gasteiger partial charge is 0.226 e. The first kappa shape index (κ1) is 23.6. The van der Waals surface area contributed by atoms with Gasteiger partial charge in [0.2, 0.25) is 6.71 Å². The van der Waals surface area contributed by atoms with Crippen LogP contribution in [0.5, 0.6) is 0 Å². The van der Waals surface area contributed by atoms with Gasteiger partial charge in [0.15, 0.2) is 0 Å². The fourth-order valence-electron chi connectivity index (χ4n) is 2.90. The maximum Gasteiger partial charge on any atom is 0.226 e. The summed E-state index contributed by atoms with van der Waals surface area (Å²) in [4.78, 5) is 3.82. The van der Waals surface area contributed by atoms with Gasteiger partial charge < -0.3 is 9.30 Å².